The summed E-state index contributed by atoms with van der Waals surface area (Å²) < 4.78 is 0. The highest BCUT2D eigenvalue weighted by atomic mass is 35.5. The van der Waals surface area contributed by atoms with Crippen LogP contribution in [-0.2, 0) is 0 Å². The number of aryl methyl sites for hydroxylation is 2. The van der Waals surface area contributed by atoms with E-state index in [0.717, 1.165) is 22.6 Å². The summed E-state index contributed by atoms with van der Waals surface area (Å²) in [7, 11) is 0. The molecule has 1 heterocycles. The minimum atomic E-state index is 0.134. The quantitative estimate of drug-likeness (QED) is 0.870. The molecule has 1 atom stereocenters. The molecule has 0 radical (unpaired) electrons. The van der Waals surface area contributed by atoms with E-state index in [-0.39, 0.29) is 6.04 Å². The number of hydrogen-bond donors (Lipinski definition) is 2. The van der Waals surface area contributed by atoms with Crippen LogP contribution in [0.15, 0.2) is 18.2 Å². The molecule has 0 aliphatic carbocycles. The fourth-order valence-corrected chi connectivity index (χ4v) is 2.15. The van der Waals surface area contributed by atoms with Crippen molar-refractivity contribution in [1.82, 2.24) is 10.2 Å². The summed E-state index contributed by atoms with van der Waals surface area (Å²) >= 11 is 11.9. The van der Waals surface area contributed by atoms with E-state index >= 15 is 0 Å². The van der Waals surface area contributed by atoms with Crippen LogP contribution in [-0.4, -0.2) is 10.2 Å². The molecular weight excluding hydrogens is 269 g/mol. The van der Waals surface area contributed by atoms with Crippen molar-refractivity contribution in [3.8, 4) is 0 Å². The van der Waals surface area contributed by atoms with Crippen molar-refractivity contribution < 1.29 is 0 Å². The predicted molar refractivity (Wildman–Crippen MR) is 76.6 cm³/mol. The van der Waals surface area contributed by atoms with Crippen LogP contribution in [0, 0.1) is 13.8 Å². The highest BCUT2D eigenvalue weighted by Gasteiger charge is 2.12. The molecule has 18 heavy (non-hydrogen) atoms. The van der Waals surface area contributed by atoms with Gasteiger partial charge < -0.3 is 5.32 Å². The molecule has 96 valence electrons. The van der Waals surface area contributed by atoms with Crippen molar-refractivity contribution in [3.05, 3.63) is 45.2 Å². The zero-order valence-electron chi connectivity index (χ0n) is 10.5. The monoisotopic (exact) mass is 283 g/mol. The normalized spacial score (nSPS) is 12.5. The molecule has 5 heteroatoms. The molecule has 1 aromatic heterocycles. The summed E-state index contributed by atoms with van der Waals surface area (Å²) in [5.41, 5.74) is 4.11. The first-order valence-corrected chi connectivity index (χ1v) is 6.47. The van der Waals surface area contributed by atoms with Crippen molar-refractivity contribution >= 4 is 28.9 Å². The number of aromatic nitrogens is 2. The van der Waals surface area contributed by atoms with Crippen LogP contribution < -0.4 is 5.32 Å². The first kappa shape index (κ1) is 13.2. The summed E-state index contributed by atoms with van der Waals surface area (Å²) in [5, 5.41) is 11.7. The molecule has 2 N–H and O–H groups in total. The second kappa shape index (κ2) is 5.21. The number of hydrogen-bond acceptors (Lipinski definition) is 2. The van der Waals surface area contributed by atoms with Gasteiger partial charge in [-0.2, -0.15) is 5.10 Å². The number of nitrogens with zero attached hydrogens (tertiary/aromatic N) is 1. The molecule has 0 spiro atoms. The number of nitrogens with one attached hydrogen (secondary N) is 2. The van der Waals surface area contributed by atoms with Crippen LogP contribution in [0.3, 0.4) is 0 Å². The minimum absolute atomic E-state index is 0.134. The number of anilines is 1. The van der Waals surface area contributed by atoms with Gasteiger partial charge in [-0.25, -0.2) is 0 Å². The van der Waals surface area contributed by atoms with Crippen molar-refractivity contribution in [1.29, 1.82) is 0 Å². The molecule has 2 rings (SSSR count). The van der Waals surface area contributed by atoms with E-state index in [1.165, 1.54) is 0 Å². The number of H-pyrrole nitrogens is 1. The number of halogens is 2. The van der Waals surface area contributed by atoms with Crippen molar-refractivity contribution in [2.45, 2.75) is 26.8 Å². The zero-order valence-corrected chi connectivity index (χ0v) is 12.0. The highest BCUT2D eigenvalue weighted by Crippen LogP contribution is 2.28. The Balaban J connectivity index is 2.22. The standard InChI is InChI=1S/C13H15Cl2N3/c1-7(10-4-5-11(14)12(15)6-10)16-13-8(2)17-18-9(13)3/h4-7,16H,1-3H3,(H,17,18). The van der Waals surface area contributed by atoms with Gasteiger partial charge in [-0.1, -0.05) is 29.3 Å². The average Bonchev–Trinajstić information content (AvgIpc) is 2.64. The number of benzene rings is 1. The molecule has 1 unspecified atom stereocenters. The third-order valence-corrected chi connectivity index (χ3v) is 3.67. The molecule has 1 aromatic carbocycles. The third kappa shape index (κ3) is 2.62. The zero-order chi connectivity index (χ0) is 13.3. The number of rotatable bonds is 3. The Bertz CT molecular complexity index is 544. The second-order valence-corrected chi connectivity index (χ2v) is 5.16. The molecule has 2 aromatic rings. The summed E-state index contributed by atoms with van der Waals surface area (Å²) in [4.78, 5) is 0. The summed E-state index contributed by atoms with van der Waals surface area (Å²) in [6.45, 7) is 6.03. The molecule has 3 nitrogen and oxygen atoms in total. The lowest BCUT2D eigenvalue weighted by Crippen LogP contribution is -2.07. The molecule has 0 fully saturated rings. The van der Waals surface area contributed by atoms with E-state index in [1.807, 2.05) is 32.0 Å². The van der Waals surface area contributed by atoms with Crippen LogP contribution in [0.2, 0.25) is 10.0 Å². The van der Waals surface area contributed by atoms with Gasteiger partial charge in [0.05, 0.1) is 27.1 Å². The van der Waals surface area contributed by atoms with E-state index in [9.17, 15) is 0 Å². The van der Waals surface area contributed by atoms with Crippen LogP contribution >= 0.6 is 23.2 Å². The smallest absolute Gasteiger partial charge is 0.0825 e. The first-order chi connectivity index (χ1) is 8.49. The fraction of sp³-hybridized carbons (Fsp3) is 0.308. The van der Waals surface area contributed by atoms with Crippen LogP contribution in [0.1, 0.15) is 29.9 Å². The van der Waals surface area contributed by atoms with Gasteiger partial charge in [0.25, 0.3) is 0 Å². The topological polar surface area (TPSA) is 40.7 Å². The second-order valence-electron chi connectivity index (χ2n) is 4.35. The molecular formula is C13H15Cl2N3. The van der Waals surface area contributed by atoms with E-state index in [2.05, 4.69) is 22.4 Å². The molecule has 0 aliphatic heterocycles. The van der Waals surface area contributed by atoms with Gasteiger partial charge in [-0.3, -0.25) is 5.10 Å². The van der Waals surface area contributed by atoms with Crippen molar-refractivity contribution in [2.75, 3.05) is 5.32 Å². The summed E-state index contributed by atoms with van der Waals surface area (Å²) in [6.07, 6.45) is 0. The van der Waals surface area contributed by atoms with E-state index in [0.29, 0.717) is 10.0 Å². The van der Waals surface area contributed by atoms with Crippen LogP contribution in [0.5, 0.6) is 0 Å². The van der Waals surface area contributed by atoms with Crippen LogP contribution in [0.25, 0.3) is 0 Å². The predicted octanol–water partition coefficient (Wildman–Crippen LogP) is 4.51. The van der Waals surface area contributed by atoms with Gasteiger partial charge in [0.15, 0.2) is 0 Å². The van der Waals surface area contributed by atoms with Gasteiger partial charge >= 0.3 is 0 Å². The van der Waals surface area contributed by atoms with Gasteiger partial charge in [-0.05, 0) is 38.5 Å². The maximum absolute atomic E-state index is 6.02. The molecule has 0 saturated carbocycles. The Morgan fingerprint density at radius 3 is 2.50 bits per heavy atom. The average molecular weight is 284 g/mol. The minimum Gasteiger partial charge on any atom is -0.376 e. The lowest BCUT2D eigenvalue weighted by atomic mass is 10.1. The third-order valence-electron chi connectivity index (χ3n) is 2.93. The Hall–Kier alpha value is -1.19. The summed E-state index contributed by atoms with van der Waals surface area (Å²) in [5.74, 6) is 0. The van der Waals surface area contributed by atoms with Gasteiger partial charge in [-0.15, -0.1) is 0 Å². The Labute approximate surface area is 117 Å². The lowest BCUT2D eigenvalue weighted by Gasteiger charge is -2.16. The maximum Gasteiger partial charge on any atom is 0.0825 e. The molecule has 0 bridgehead atoms. The molecule has 0 aliphatic rings. The van der Waals surface area contributed by atoms with E-state index < -0.39 is 0 Å². The van der Waals surface area contributed by atoms with Gasteiger partial charge in [0.2, 0.25) is 0 Å². The van der Waals surface area contributed by atoms with Gasteiger partial charge in [0.1, 0.15) is 0 Å². The Morgan fingerprint density at radius 2 is 1.94 bits per heavy atom. The van der Waals surface area contributed by atoms with Crippen molar-refractivity contribution in [2.24, 2.45) is 0 Å². The largest absolute Gasteiger partial charge is 0.376 e. The Morgan fingerprint density at radius 1 is 1.22 bits per heavy atom. The molecule has 0 saturated heterocycles. The van der Waals surface area contributed by atoms with Crippen LogP contribution in [0.4, 0.5) is 5.69 Å². The lowest BCUT2D eigenvalue weighted by molar-refractivity contribution is 0.881. The van der Waals surface area contributed by atoms with Gasteiger partial charge in [0, 0.05) is 6.04 Å². The fourth-order valence-electron chi connectivity index (χ4n) is 1.85. The Kier molecular flexibility index (Phi) is 3.83. The molecule has 0 amide bonds. The van der Waals surface area contributed by atoms with E-state index in [4.69, 9.17) is 23.2 Å². The van der Waals surface area contributed by atoms with E-state index in [1.54, 1.807) is 0 Å². The van der Waals surface area contributed by atoms with Crippen molar-refractivity contribution in [3.63, 3.8) is 0 Å². The first-order valence-electron chi connectivity index (χ1n) is 5.72. The summed E-state index contributed by atoms with van der Waals surface area (Å²) in [6, 6.07) is 5.80. The maximum atomic E-state index is 6.02. The number of aromatic amines is 1. The SMILES string of the molecule is Cc1n[nH]c(C)c1NC(C)c1ccc(Cl)c(Cl)c1. The highest BCUT2D eigenvalue weighted by molar-refractivity contribution is 6.42.